The van der Waals surface area contributed by atoms with Gasteiger partial charge < -0.3 is 10.4 Å². The van der Waals surface area contributed by atoms with Gasteiger partial charge in [0.05, 0.1) is 21.1 Å². The summed E-state index contributed by atoms with van der Waals surface area (Å²) in [6.45, 7) is 0. The van der Waals surface area contributed by atoms with Crippen LogP contribution in [0.25, 0.3) is 0 Å². The van der Waals surface area contributed by atoms with Crippen molar-refractivity contribution in [3.63, 3.8) is 0 Å². The standard InChI is InChI=1S/C15H12N2O7S/c1-25(23,24)11-5-2-9(3-6-11)14(18)16-13-7-4-10(17(21)22)8-12(13)15(19)20/h2-8H,1H3,(H,16,18)(H,19,20). The molecular weight excluding hydrogens is 352 g/mol. The minimum absolute atomic E-state index is 0.0330. The van der Waals surface area contributed by atoms with Crippen molar-refractivity contribution in [2.45, 2.75) is 4.90 Å². The number of sulfone groups is 1. The highest BCUT2D eigenvalue weighted by atomic mass is 32.2. The third kappa shape index (κ3) is 4.18. The number of carboxylic acids is 1. The Balaban J connectivity index is 2.31. The molecule has 2 N–H and O–H groups in total. The molecule has 0 spiro atoms. The summed E-state index contributed by atoms with van der Waals surface area (Å²) < 4.78 is 22.8. The smallest absolute Gasteiger partial charge is 0.338 e. The van der Waals surface area contributed by atoms with Gasteiger partial charge in [-0.1, -0.05) is 0 Å². The summed E-state index contributed by atoms with van der Waals surface area (Å²) >= 11 is 0. The van der Waals surface area contributed by atoms with Crippen LogP contribution in [0.15, 0.2) is 47.4 Å². The number of hydrogen-bond donors (Lipinski definition) is 2. The number of rotatable bonds is 5. The Bertz CT molecular complexity index is 966. The van der Waals surface area contributed by atoms with E-state index in [1.807, 2.05) is 0 Å². The largest absolute Gasteiger partial charge is 0.478 e. The molecule has 0 saturated heterocycles. The van der Waals surface area contributed by atoms with Gasteiger partial charge in [-0.2, -0.15) is 0 Å². The number of carbonyl (C=O) groups is 2. The van der Waals surface area contributed by atoms with Crippen molar-refractivity contribution >= 4 is 33.1 Å². The number of benzene rings is 2. The number of carboxylic acid groups (broad SMARTS) is 1. The Hall–Kier alpha value is -3.27. The van der Waals surface area contributed by atoms with Gasteiger partial charge in [0.15, 0.2) is 9.84 Å². The summed E-state index contributed by atoms with van der Waals surface area (Å²) in [4.78, 5) is 33.4. The molecule has 1 amide bonds. The lowest BCUT2D eigenvalue weighted by Gasteiger charge is -2.09. The van der Waals surface area contributed by atoms with E-state index < -0.39 is 37.9 Å². The molecule has 2 aromatic carbocycles. The summed E-state index contributed by atoms with van der Waals surface area (Å²) in [6.07, 6.45) is 1.03. The zero-order valence-corrected chi connectivity index (χ0v) is 13.6. The second-order valence-corrected chi connectivity index (χ2v) is 7.06. The first-order chi connectivity index (χ1) is 11.6. The maximum absolute atomic E-state index is 12.2. The van der Waals surface area contributed by atoms with E-state index in [1.54, 1.807) is 0 Å². The van der Waals surface area contributed by atoms with E-state index in [2.05, 4.69) is 5.32 Å². The fraction of sp³-hybridized carbons (Fsp3) is 0.0667. The number of non-ortho nitro benzene ring substituents is 1. The van der Waals surface area contributed by atoms with E-state index in [-0.39, 0.29) is 16.1 Å². The average molecular weight is 364 g/mol. The minimum atomic E-state index is -3.41. The predicted octanol–water partition coefficient (Wildman–Crippen LogP) is 1.95. The fourth-order valence-corrected chi connectivity index (χ4v) is 2.61. The van der Waals surface area contributed by atoms with Crippen molar-refractivity contribution in [1.82, 2.24) is 0 Å². The second-order valence-electron chi connectivity index (χ2n) is 5.04. The molecule has 10 heteroatoms. The van der Waals surface area contributed by atoms with E-state index in [1.165, 1.54) is 24.3 Å². The van der Waals surface area contributed by atoms with Crippen LogP contribution in [-0.4, -0.2) is 36.6 Å². The molecule has 0 atom stereocenters. The van der Waals surface area contributed by atoms with Gasteiger partial charge in [-0.05, 0) is 30.3 Å². The molecule has 0 aromatic heterocycles. The third-order valence-corrected chi connectivity index (χ3v) is 4.37. The number of aromatic carboxylic acids is 1. The fourth-order valence-electron chi connectivity index (χ4n) is 1.98. The Kier molecular flexibility index (Phi) is 4.84. The molecule has 0 radical (unpaired) electrons. The van der Waals surface area contributed by atoms with Crippen LogP contribution in [0.1, 0.15) is 20.7 Å². The van der Waals surface area contributed by atoms with E-state index in [9.17, 15) is 28.1 Å². The van der Waals surface area contributed by atoms with E-state index in [0.29, 0.717) is 0 Å². The zero-order chi connectivity index (χ0) is 18.8. The molecule has 0 heterocycles. The first-order valence-corrected chi connectivity index (χ1v) is 8.62. The zero-order valence-electron chi connectivity index (χ0n) is 12.8. The van der Waals surface area contributed by atoms with Crippen LogP contribution < -0.4 is 5.32 Å². The highest BCUT2D eigenvalue weighted by Crippen LogP contribution is 2.23. The Labute approximate surface area is 142 Å². The number of nitrogens with one attached hydrogen (secondary N) is 1. The van der Waals surface area contributed by atoms with Gasteiger partial charge in [0.25, 0.3) is 11.6 Å². The van der Waals surface area contributed by atoms with Gasteiger partial charge in [-0.25, -0.2) is 13.2 Å². The summed E-state index contributed by atoms with van der Waals surface area (Å²) in [5.41, 5.74) is -0.874. The average Bonchev–Trinajstić information content (AvgIpc) is 2.54. The summed E-state index contributed by atoms with van der Waals surface area (Å²) in [5, 5.41) is 22.2. The molecule has 0 aliphatic carbocycles. The van der Waals surface area contributed by atoms with Crippen molar-refractivity contribution < 1.29 is 28.0 Å². The summed E-state index contributed by atoms with van der Waals surface area (Å²) in [6, 6.07) is 8.06. The topological polar surface area (TPSA) is 144 Å². The van der Waals surface area contributed by atoms with Crippen LogP contribution >= 0.6 is 0 Å². The van der Waals surface area contributed by atoms with Gasteiger partial charge in [-0.3, -0.25) is 14.9 Å². The number of hydrogen-bond acceptors (Lipinski definition) is 6. The minimum Gasteiger partial charge on any atom is -0.478 e. The Morgan fingerprint density at radius 2 is 1.72 bits per heavy atom. The molecule has 9 nitrogen and oxygen atoms in total. The van der Waals surface area contributed by atoms with Gasteiger partial charge in [0.1, 0.15) is 0 Å². The monoisotopic (exact) mass is 364 g/mol. The van der Waals surface area contributed by atoms with E-state index >= 15 is 0 Å². The first-order valence-electron chi connectivity index (χ1n) is 6.73. The first kappa shape index (κ1) is 18.1. The lowest BCUT2D eigenvalue weighted by Crippen LogP contribution is -2.15. The Morgan fingerprint density at radius 3 is 2.20 bits per heavy atom. The molecule has 130 valence electrons. The molecular formula is C15H12N2O7S. The molecule has 0 fully saturated rings. The molecule has 0 saturated carbocycles. The van der Waals surface area contributed by atoms with E-state index in [4.69, 9.17) is 5.11 Å². The number of amides is 1. The summed E-state index contributed by atoms with van der Waals surface area (Å²) in [5.74, 6) is -2.12. The highest BCUT2D eigenvalue weighted by molar-refractivity contribution is 7.90. The highest BCUT2D eigenvalue weighted by Gasteiger charge is 2.18. The molecule has 2 rings (SSSR count). The van der Waals surface area contributed by atoms with Crippen LogP contribution in [0.2, 0.25) is 0 Å². The molecule has 0 aliphatic heterocycles. The maximum atomic E-state index is 12.2. The van der Waals surface area contributed by atoms with Gasteiger partial charge in [0.2, 0.25) is 0 Å². The number of carbonyl (C=O) groups excluding carboxylic acids is 1. The molecule has 0 bridgehead atoms. The molecule has 25 heavy (non-hydrogen) atoms. The quantitative estimate of drug-likeness (QED) is 0.609. The van der Waals surface area contributed by atoms with Crippen LogP contribution in [0, 0.1) is 10.1 Å². The number of nitro groups is 1. The predicted molar refractivity (Wildman–Crippen MR) is 87.6 cm³/mol. The van der Waals surface area contributed by atoms with Crippen molar-refractivity contribution in [2.75, 3.05) is 11.6 Å². The second kappa shape index (κ2) is 6.69. The van der Waals surface area contributed by atoms with Crippen molar-refractivity contribution in [1.29, 1.82) is 0 Å². The van der Waals surface area contributed by atoms with Crippen LogP contribution in [-0.2, 0) is 9.84 Å². The van der Waals surface area contributed by atoms with Crippen molar-refractivity contribution in [3.05, 3.63) is 63.7 Å². The van der Waals surface area contributed by atoms with Gasteiger partial charge >= 0.3 is 5.97 Å². The number of anilines is 1. The Morgan fingerprint density at radius 1 is 1.12 bits per heavy atom. The van der Waals surface area contributed by atoms with Crippen molar-refractivity contribution in [3.8, 4) is 0 Å². The SMILES string of the molecule is CS(=O)(=O)c1ccc(C(=O)Nc2ccc([N+](=O)[O-])cc2C(=O)O)cc1. The van der Waals surface area contributed by atoms with Crippen LogP contribution in [0.3, 0.4) is 0 Å². The lowest BCUT2D eigenvalue weighted by atomic mass is 10.1. The van der Waals surface area contributed by atoms with Crippen LogP contribution in [0.4, 0.5) is 11.4 Å². The van der Waals surface area contributed by atoms with Crippen LogP contribution in [0.5, 0.6) is 0 Å². The number of nitro benzene ring substituents is 1. The van der Waals surface area contributed by atoms with Gasteiger partial charge in [-0.15, -0.1) is 0 Å². The normalized spacial score (nSPS) is 10.9. The lowest BCUT2D eigenvalue weighted by molar-refractivity contribution is -0.384. The molecule has 2 aromatic rings. The molecule has 0 aliphatic rings. The maximum Gasteiger partial charge on any atom is 0.338 e. The number of nitrogens with zero attached hydrogens (tertiary/aromatic N) is 1. The van der Waals surface area contributed by atoms with Gasteiger partial charge in [0, 0.05) is 24.0 Å². The summed E-state index contributed by atoms with van der Waals surface area (Å²) in [7, 11) is -3.41. The molecule has 0 unspecified atom stereocenters. The van der Waals surface area contributed by atoms with Crippen molar-refractivity contribution in [2.24, 2.45) is 0 Å². The van der Waals surface area contributed by atoms with E-state index in [0.717, 1.165) is 24.5 Å². The third-order valence-electron chi connectivity index (χ3n) is 3.24.